The molecule has 1 fully saturated rings. The lowest BCUT2D eigenvalue weighted by Crippen LogP contribution is -2.41. The Hall–Kier alpha value is -2.90. The van der Waals surface area contributed by atoms with E-state index in [0.717, 1.165) is 12.8 Å². The predicted molar refractivity (Wildman–Crippen MR) is 87.7 cm³/mol. The number of hydrogen-bond acceptors (Lipinski definition) is 5. The van der Waals surface area contributed by atoms with Gasteiger partial charge in [-0.15, -0.1) is 0 Å². The zero-order valence-corrected chi connectivity index (χ0v) is 13.4. The van der Waals surface area contributed by atoms with Crippen LogP contribution in [0.1, 0.15) is 23.2 Å². The summed E-state index contributed by atoms with van der Waals surface area (Å²) in [5.41, 5.74) is 1.44. The van der Waals surface area contributed by atoms with Crippen molar-refractivity contribution < 1.29 is 14.3 Å². The number of nitrogens with zero attached hydrogens (tertiary/aromatic N) is 3. The van der Waals surface area contributed by atoms with Crippen molar-refractivity contribution in [1.82, 2.24) is 25.2 Å². The fourth-order valence-corrected chi connectivity index (χ4v) is 2.73. The van der Waals surface area contributed by atoms with E-state index in [2.05, 4.69) is 26.8 Å². The number of piperidine rings is 1. The van der Waals surface area contributed by atoms with Crippen LogP contribution in [0.4, 0.5) is 0 Å². The number of carbonyl (C=O) groups excluding carboxylic acids is 2. The van der Waals surface area contributed by atoms with E-state index in [4.69, 9.17) is 4.74 Å². The second-order valence-electron chi connectivity index (χ2n) is 5.53. The van der Waals surface area contributed by atoms with E-state index in [9.17, 15) is 9.59 Å². The third-order valence-corrected chi connectivity index (χ3v) is 4.05. The van der Waals surface area contributed by atoms with E-state index in [1.807, 2.05) is 0 Å². The molecule has 2 amide bonds. The topological polar surface area (TPSA) is 100 Å². The van der Waals surface area contributed by atoms with Gasteiger partial charge in [-0.2, -0.15) is 0 Å². The molecule has 0 atom stereocenters. The highest BCUT2D eigenvalue weighted by molar-refractivity contribution is 6.04. The van der Waals surface area contributed by atoms with Gasteiger partial charge in [-0.05, 0) is 6.08 Å². The van der Waals surface area contributed by atoms with E-state index < -0.39 is 0 Å². The normalized spacial score (nSPS) is 15.3. The summed E-state index contributed by atoms with van der Waals surface area (Å²) in [6.45, 7) is 4.75. The molecule has 2 aromatic heterocycles. The first kappa shape index (κ1) is 16.0. The highest BCUT2D eigenvalue weighted by atomic mass is 16.5. The van der Waals surface area contributed by atoms with Gasteiger partial charge in [-0.3, -0.25) is 9.59 Å². The molecule has 2 N–H and O–H groups in total. The van der Waals surface area contributed by atoms with Crippen LogP contribution in [0, 0.1) is 0 Å². The number of ether oxygens (including phenoxy) is 1. The van der Waals surface area contributed by atoms with Crippen molar-refractivity contribution in [2.75, 3.05) is 20.1 Å². The minimum absolute atomic E-state index is 0.0343. The van der Waals surface area contributed by atoms with Crippen molar-refractivity contribution in [3.05, 3.63) is 30.6 Å². The van der Waals surface area contributed by atoms with Gasteiger partial charge in [0, 0.05) is 39.2 Å². The summed E-state index contributed by atoms with van der Waals surface area (Å²) >= 11 is 0. The minimum atomic E-state index is -0.232. The maximum Gasteiger partial charge on any atom is 0.254 e. The summed E-state index contributed by atoms with van der Waals surface area (Å²) in [7, 11) is 1.56. The summed E-state index contributed by atoms with van der Waals surface area (Å²) in [5.74, 6) is 0.0851. The van der Waals surface area contributed by atoms with E-state index in [1.54, 1.807) is 18.1 Å². The second-order valence-corrected chi connectivity index (χ2v) is 5.53. The Morgan fingerprint density at radius 2 is 2.21 bits per heavy atom. The van der Waals surface area contributed by atoms with Gasteiger partial charge in [0.1, 0.15) is 11.6 Å². The van der Waals surface area contributed by atoms with Gasteiger partial charge in [-0.1, -0.05) is 6.58 Å². The molecule has 1 saturated heterocycles. The number of likely N-dealkylation sites (tertiary alicyclic amines) is 1. The van der Waals surface area contributed by atoms with Gasteiger partial charge >= 0.3 is 0 Å². The molecule has 0 aliphatic carbocycles. The van der Waals surface area contributed by atoms with Gasteiger partial charge in [0.25, 0.3) is 5.91 Å². The average Bonchev–Trinajstić information content (AvgIpc) is 3.04. The lowest BCUT2D eigenvalue weighted by atomic mass is 10.1. The number of hydrogen-bond donors (Lipinski definition) is 2. The van der Waals surface area contributed by atoms with Crippen LogP contribution in [0.15, 0.2) is 25.0 Å². The molecule has 3 heterocycles. The Bertz CT molecular complexity index is 777. The quantitative estimate of drug-likeness (QED) is 0.811. The number of fused-ring (bicyclic) bond motifs is 1. The first-order valence-corrected chi connectivity index (χ1v) is 7.76. The molecule has 24 heavy (non-hydrogen) atoms. The van der Waals surface area contributed by atoms with Crippen LogP contribution < -0.4 is 10.1 Å². The number of amides is 2. The summed E-state index contributed by atoms with van der Waals surface area (Å²) in [6, 6.07) is 0. The molecule has 0 bridgehead atoms. The first-order valence-electron chi connectivity index (χ1n) is 7.76. The number of rotatable bonds is 4. The second kappa shape index (κ2) is 6.69. The number of aromatic amines is 1. The standard InChI is InChI=1S/C16H19N5O3/c1-3-13(22)21-6-4-10(5-7-21)24-12-9-19-15-14(20-12)11(8-18-15)16(23)17-2/h3,8-10H,1,4-7H2,2H3,(H,17,23)(H,18,19). The van der Waals surface area contributed by atoms with Crippen LogP contribution in [-0.4, -0.2) is 57.9 Å². The summed E-state index contributed by atoms with van der Waals surface area (Å²) in [5, 5.41) is 2.57. The zero-order chi connectivity index (χ0) is 17.1. The first-order chi connectivity index (χ1) is 11.6. The Balaban J connectivity index is 1.71. The van der Waals surface area contributed by atoms with Gasteiger partial charge in [0.05, 0.1) is 11.8 Å². The maximum absolute atomic E-state index is 11.8. The van der Waals surface area contributed by atoms with E-state index in [1.165, 1.54) is 12.3 Å². The van der Waals surface area contributed by atoms with Crippen molar-refractivity contribution in [2.24, 2.45) is 0 Å². The van der Waals surface area contributed by atoms with E-state index in [-0.39, 0.29) is 17.9 Å². The molecule has 0 radical (unpaired) electrons. The van der Waals surface area contributed by atoms with Gasteiger partial charge in [0.2, 0.25) is 11.8 Å². The highest BCUT2D eigenvalue weighted by Crippen LogP contribution is 2.21. The van der Waals surface area contributed by atoms with Crippen molar-refractivity contribution in [2.45, 2.75) is 18.9 Å². The molecule has 0 saturated carbocycles. The molecule has 8 nitrogen and oxygen atoms in total. The van der Waals surface area contributed by atoms with Crippen LogP contribution >= 0.6 is 0 Å². The van der Waals surface area contributed by atoms with Gasteiger partial charge < -0.3 is 19.9 Å². The van der Waals surface area contributed by atoms with Crippen LogP contribution in [-0.2, 0) is 4.79 Å². The van der Waals surface area contributed by atoms with Crippen LogP contribution in [0.3, 0.4) is 0 Å². The van der Waals surface area contributed by atoms with Crippen molar-refractivity contribution >= 4 is 23.0 Å². The molecule has 1 aliphatic heterocycles. The molecular formula is C16H19N5O3. The number of nitrogens with one attached hydrogen (secondary N) is 2. The minimum Gasteiger partial charge on any atom is -0.473 e. The van der Waals surface area contributed by atoms with E-state index in [0.29, 0.717) is 35.7 Å². The van der Waals surface area contributed by atoms with Crippen LogP contribution in [0.5, 0.6) is 5.88 Å². The molecular weight excluding hydrogens is 310 g/mol. The fraction of sp³-hybridized carbons (Fsp3) is 0.375. The van der Waals surface area contributed by atoms with Gasteiger partial charge in [-0.25, -0.2) is 9.97 Å². The molecule has 0 spiro atoms. The third kappa shape index (κ3) is 3.08. The Morgan fingerprint density at radius 1 is 1.46 bits per heavy atom. The Kier molecular flexibility index (Phi) is 4.45. The molecule has 0 unspecified atom stereocenters. The monoisotopic (exact) mass is 329 g/mol. The zero-order valence-electron chi connectivity index (χ0n) is 13.4. The lowest BCUT2D eigenvalue weighted by Gasteiger charge is -2.31. The van der Waals surface area contributed by atoms with Crippen molar-refractivity contribution in [3.63, 3.8) is 0 Å². The Labute approximate surface area is 138 Å². The molecule has 1 aliphatic rings. The molecule has 0 aromatic carbocycles. The Morgan fingerprint density at radius 3 is 2.88 bits per heavy atom. The van der Waals surface area contributed by atoms with Crippen molar-refractivity contribution in [3.8, 4) is 5.88 Å². The summed E-state index contributed by atoms with van der Waals surface area (Å²) in [6.07, 6.45) is 5.84. The average molecular weight is 329 g/mol. The van der Waals surface area contributed by atoms with Gasteiger partial charge in [0.15, 0.2) is 5.65 Å². The third-order valence-electron chi connectivity index (χ3n) is 4.05. The van der Waals surface area contributed by atoms with Crippen molar-refractivity contribution in [1.29, 1.82) is 0 Å². The van der Waals surface area contributed by atoms with Crippen LogP contribution in [0.2, 0.25) is 0 Å². The maximum atomic E-state index is 11.8. The molecule has 3 rings (SSSR count). The number of H-pyrrole nitrogens is 1. The smallest absolute Gasteiger partial charge is 0.254 e. The summed E-state index contributed by atoms with van der Waals surface area (Å²) < 4.78 is 5.88. The van der Waals surface area contributed by atoms with E-state index >= 15 is 0 Å². The lowest BCUT2D eigenvalue weighted by molar-refractivity contribution is -0.127. The fourth-order valence-electron chi connectivity index (χ4n) is 2.73. The highest BCUT2D eigenvalue weighted by Gasteiger charge is 2.23. The molecule has 126 valence electrons. The summed E-state index contributed by atoms with van der Waals surface area (Å²) in [4.78, 5) is 36.7. The largest absolute Gasteiger partial charge is 0.473 e. The number of carbonyl (C=O) groups is 2. The molecule has 2 aromatic rings. The SMILES string of the molecule is C=CC(=O)N1CCC(Oc2cnc3[nH]cc(C(=O)NC)c3n2)CC1. The number of aromatic nitrogens is 3. The molecule has 8 heteroatoms. The van der Waals surface area contributed by atoms with Crippen LogP contribution in [0.25, 0.3) is 11.2 Å². The predicted octanol–water partition coefficient (Wildman–Crippen LogP) is 0.873.